The molecule has 2 aromatic rings. The van der Waals surface area contributed by atoms with Gasteiger partial charge in [0.25, 0.3) is 5.56 Å². The summed E-state index contributed by atoms with van der Waals surface area (Å²) in [6, 6.07) is 9.00. The summed E-state index contributed by atoms with van der Waals surface area (Å²) in [4.78, 5) is 19.5. The van der Waals surface area contributed by atoms with Crippen molar-refractivity contribution in [1.29, 1.82) is 0 Å². The molecule has 0 spiro atoms. The number of nitrogens with zero attached hydrogens (tertiary/aromatic N) is 2. The average molecular weight is 359 g/mol. The van der Waals surface area contributed by atoms with E-state index in [1.54, 1.807) is 11.2 Å². The van der Waals surface area contributed by atoms with Gasteiger partial charge < -0.3 is 4.98 Å². The van der Waals surface area contributed by atoms with Crippen LogP contribution in [0.1, 0.15) is 35.5 Å². The minimum Gasteiger partial charge on any atom is -0.311 e. The Morgan fingerprint density at radius 3 is 2.56 bits per heavy atom. The fraction of sp³-hybridized carbons (Fsp3) is 0.444. The molecule has 2 bridgehead atoms. The molecule has 6 nitrogen and oxygen atoms in total. The molecule has 2 atom stereocenters. The Hall–Kier alpha value is -1.99. The molecule has 25 heavy (non-hydrogen) atoms. The molecule has 1 saturated heterocycles. The maximum atomic E-state index is 13.1. The van der Waals surface area contributed by atoms with Gasteiger partial charge >= 0.3 is 0 Å². The van der Waals surface area contributed by atoms with Crippen molar-refractivity contribution in [2.45, 2.75) is 50.4 Å². The molecule has 4 rings (SSSR count). The van der Waals surface area contributed by atoms with Gasteiger partial charge in [-0.05, 0) is 31.7 Å². The minimum atomic E-state index is -3.44. The third-order valence-corrected chi connectivity index (χ3v) is 7.09. The van der Waals surface area contributed by atoms with Crippen LogP contribution in [0.4, 0.5) is 0 Å². The number of H-pyrrole nitrogens is 1. The highest BCUT2D eigenvalue weighted by Crippen LogP contribution is 2.35. The molecule has 2 aliphatic rings. The lowest BCUT2D eigenvalue weighted by Gasteiger charge is -2.27. The van der Waals surface area contributed by atoms with E-state index in [0.717, 1.165) is 24.1 Å². The van der Waals surface area contributed by atoms with Crippen molar-refractivity contribution in [2.75, 3.05) is 0 Å². The number of aromatic nitrogens is 2. The molecule has 1 aromatic heterocycles. The molecule has 2 unspecified atom stereocenters. The van der Waals surface area contributed by atoms with Crippen LogP contribution < -0.4 is 5.56 Å². The Bertz CT molecular complexity index is 953. The second-order valence-corrected chi connectivity index (χ2v) is 8.82. The third-order valence-electron chi connectivity index (χ3n) is 5.15. The Balaban J connectivity index is 1.69. The van der Waals surface area contributed by atoms with Gasteiger partial charge in [0, 0.05) is 24.1 Å². The zero-order chi connectivity index (χ0) is 17.6. The summed E-state index contributed by atoms with van der Waals surface area (Å²) in [6.07, 6.45) is 2.59. The van der Waals surface area contributed by atoms with E-state index in [0.29, 0.717) is 24.2 Å². The van der Waals surface area contributed by atoms with Crippen molar-refractivity contribution in [3.63, 3.8) is 0 Å². The first-order valence-corrected chi connectivity index (χ1v) is 10.2. The molecule has 3 heterocycles. The summed E-state index contributed by atoms with van der Waals surface area (Å²) < 4.78 is 27.8. The fourth-order valence-electron chi connectivity index (χ4n) is 4.14. The second kappa shape index (κ2) is 6.07. The van der Waals surface area contributed by atoms with Crippen molar-refractivity contribution in [1.82, 2.24) is 14.3 Å². The summed E-state index contributed by atoms with van der Waals surface area (Å²) >= 11 is 0. The highest BCUT2D eigenvalue weighted by Gasteiger charge is 2.44. The number of hydrogen-bond acceptors (Lipinski definition) is 4. The molecule has 7 heteroatoms. The van der Waals surface area contributed by atoms with Crippen LogP contribution in [0.15, 0.2) is 35.1 Å². The van der Waals surface area contributed by atoms with Crippen molar-refractivity contribution >= 4 is 10.0 Å². The molecular formula is C18H21N3O3S. The largest absolute Gasteiger partial charge is 0.311 e. The Morgan fingerprint density at radius 1 is 1.16 bits per heavy atom. The first kappa shape index (κ1) is 16.5. The number of aromatic amines is 1. The number of nitrogens with one attached hydrogen (secondary N) is 1. The topological polar surface area (TPSA) is 83.1 Å². The zero-order valence-electron chi connectivity index (χ0n) is 14.1. The van der Waals surface area contributed by atoms with Gasteiger partial charge in [-0.2, -0.15) is 4.31 Å². The molecule has 0 aliphatic carbocycles. The van der Waals surface area contributed by atoms with Gasteiger partial charge in [0.2, 0.25) is 10.0 Å². The van der Waals surface area contributed by atoms with Crippen molar-refractivity contribution < 1.29 is 8.42 Å². The van der Waals surface area contributed by atoms with E-state index < -0.39 is 10.0 Å². The average Bonchev–Trinajstić information content (AvgIpc) is 2.85. The lowest BCUT2D eigenvalue weighted by Crippen LogP contribution is -2.42. The summed E-state index contributed by atoms with van der Waals surface area (Å²) in [6.45, 7) is 1.76. The SMILES string of the molecule is Cc1nc2c(c(=O)[nH]1)CC1CCC(C2)N1S(=O)(=O)Cc1ccccc1. The fourth-order valence-corrected chi connectivity index (χ4v) is 6.17. The molecule has 0 amide bonds. The van der Waals surface area contributed by atoms with Crippen molar-refractivity contribution in [3.05, 3.63) is 63.3 Å². The van der Waals surface area contributed by atoms with Crippen molar-refractivity contribution in [3.8, 4) is 0 Å². The van der Waals surface area contributed by atoms with Crippen LogP contribution in [0.5, 0.6) is 0 Å². The molecule has 132 valence electrons. The summed E-state index contributed by atoms with van der Waals surface area (Å²) in [7, 11) is -3.44. The van der Waals surface area contributed by atoms with Crippen LogP contribution in [0.25, 0.3) is 0 Å². The van der Waals surface area contributed by atoms with E-state index in [-0.39, 0.29) is 23.4 Å². The quantitative estimate of drug-likeness (QED) is 0.901. The van der Waals surface area contributed by atoms with Crippen LogP contribution in [0, 0.1) is 6.92 Å². The lowest BCUT2D eigenvalue weighted by molar-refractivity contribution is 0.326. The van der Waals surface area contributed by atoms with Crippen molar-refractivity contribution in [2.24, 2.45) is 0 Å². The highest BCUT2D eigenvalue weighted by atomic mass is 32.2. The standard InChI is InChI=1S/C18H21N3O3S/c1-12-19-17-10-15-8-7-14(9-16(17)18(22)20-12)21(15)25(23,24)11-13-5-3-2-4-6-13/h2-6,14-15H,7-11H2,1H3,(H,19,20,22). The predicted molar refractivity (Wildman–Crippen MR) is 94.7 cm³/mol. The van der Waals surface area contributed by atoms with E-state index in [1.807, 2.05) is 30.3 Å². The first-order valence-electron chi connectivity index (χ1n) is 8.58. The normalized spacial score (nSPS) is 23.2. The lowest BCUT2D eigenvalue weighted by atomic mass is 9.98. The number of fused-ring (bicyclic) bond motifs is 3. The van der Waals surface area contributed by atoms with Gasteiger partial charge in [-0.15, -0.1) is 0 Å². The van der Waals surface area contributed by atoms with E-state index in [1.165, 1.54) is 0 Å². The van der Waals surface area contributed by atoms with Gasteiger partial charge in [-0.1, -0.05) is 30.3 Å². The molecule has 0 radical (unpaired) electrons. The second-order valence-electron chi connectivity index (χ2n) is 6.94. The van der Waals surface area contributed by atoms with Gasteiger partial charge in [-0.25, -0.2) is 13.4 Å². The van der Waals surface area contributed by atoms with Gasteiger partial charge in [0.15, 0.2) is 0 Å². The molecule has 0 saturated carbocycles. The zero-order valence-corrected chi connectivity index (χ0v) is 14.9. The number of aryl methyl sites for hydroxylation is 1. The van der Waals surface area contributed by atoms with Crippen LogP contribution in [0.3, 0.4) is 0 Å². The summed E-state index contributed by atoms with van der Waals surface area (Å²) in [5.41, 5.74) is 2.07. The van der Waals surface area contributed by atoms with Gasteiger partial charge in [0.1, 0.15) is 5.82 Å². The van der Waals surface area contributed by atoms with E-state index in [2.05, 4.69) is 9.97 Å². The number of benzene rings is 1. The van der Waals surface area contributed by atoms with E-state index in [4.69, 9.17) is 0 Å². The first-order chi connectivity index (χ1) is 11.9. The molecule has 1 fully saturated rings. The molecular weight excluding hydrogens is 338 g/mol. The van der Waals surface area contributed by atoms with Crippen LogP contribution in [-0.2, 0) is 28.6 Å². The number of rotatable bonds is 3. The van der Waals surface area contributed by atoms with Crippen LogP contribution in [0.2, 0.25) is 0 Å². The maximum absolute atomic E-state index is 13.1. The maximum Gasteiger partial charge on any atom is 0.254 e. The Labute approximate surface area is 147 Å². The summed E-state index contributed by atoms with van der Waals surface area (Å²) in [5.74, 6) is 0.584. The molecule has 1 aromatic carbocycles. The number of hydrogen-bond donors (Lipinski definition) is 1. The highest BCUT2D eigenvalue weighted by molar-refractivity contribution is 7.88. The monoisotopic (exact) mass is 359 g/mol. The predicted octanol–water partition coefficient (Wildman–Crippen LogP) is 1.54. The van der Waals surface area contributed by atoms with E-state index >= 15 is 0 Å². The Kier molecular flexibility index (Phi) is 4.00. The Morgan fingerprint density at radius 2 is 1.84 bits per heavy atom. The molecule has 1 N–H and O–H groups in total. The minimum absolute atomic E-state index is 0.00000126. The van der Waals surface area contributed by atoms with Gasteiger partial charge in [0.05, 0.1) is 11.4 Å². The smallest absolute Gasteiger partial charge is 0.254 e. The van der Waals surface area contributed by atoms with Crippen LogP contribution in [-0.4, -0.2) is 34.8 Å². The van der Waals surface area contributed by atoms with Crippen LogP contribution >= 0.6 is 0 Å². The third kappa shape index (κ3) is 3.02. The van der Waals surface area contributed by atoms with Gasteiger partial charge in [-0.3, -0.25) is 4.79 Å². The molecule has 2 aliphatic heterocycles. The van der Waals surface area contributed by atoms with E-state index in [9.17, 15) is 13.2 Å². The number of sulfonamides is 1. The summed E-state index contributed by atoms with van der Waals surface area (Å²) in [5, 5.41) is 0.